The molecule has 178 valence electrons. The fourth-order valence-corrected chi connectivity index (χ4v) is 3.73. The first kappa shape index (κ1) is 24.6. The summed E-state index contributed by atoms with van der Waals surface area (Å²) in [7, 11) is 3.13. The number of ether oxygens (including phenoxy) is 2. The van der Waals surface area contributed by atoms with E-state index in [1.54, 1.807) is 43.3 Å². The fourth-order valence-electron chi connectivity index (χ4n) is 3.73. The summed E-state index contributed by atoms with van der Waals surface area (Å²) in [4.78, 5) is 33.2. The van der Waals surface area contributed by atoms with Crippen molar-refractivity contribution in [2.75, 3.05) is 40.5 Å². The van der Waals surface area contributed by atoms with Crippen molar-refractivity contribution in [2.45, 2.75) is 26.0 Å². The topological polar surface area (TPSA) is 92.2 Å². The van der Waals surface area contributed by atoms with E-state index in [1.165, 1.54) is 24.1 Å². The molecule has 33 heavy (non-hydrogen) atoms. The Kier molecular flexibility index (Phi) is 7.99. The number of nitrogens with zero attached hydrogens (tertiary/aromatic N) is 3. The average Bonchev–Trinajstić information content (AvgIpc) is 2.81. The van der Waals surface area contributed by atoms with Crippen molar-refractivity contribution in [3.8, 4) is 17.0 Å². The number of aliphatic hydroxyl groups excluding tert-OH is 1. The van der Waals surface area contributed by atoms with Gasteiger partial charge in [0.15, 0.2) is 0 Å². The van der Waals surface area contributed by atoms with Gasteiger partial charge in [-0.1, -0.05) is 19.1 Å². The second-order valence-electron chi connectivity index (χ2n) is 8.41. The molecular formula is C24H30FN3O5. The van der Waals surface area contributed by atoms with Gasteiger partial charge in [-0.3, -0.25) is 9.59 Å². The number of pyridine rings is 1. The molecule has 1 aliphatic heterocycles. The minimum absolute atomic E-state index is 0.0420. The third kappa shape index (κ3) is 5.66. The van der Waals surface area contributed by atoms with Crippen molar-refractivity contribution >= 4 is 11.8 Å². The molecule has 8 nitrogen and oxygen atoms in total. The van der Waals surface area contributed by atoms with Crippen molar-refractivity contribution in [3.05, 3.63) is 47.9 Å². The van der Waals surface area contributed by atoms with Gasteiger partial charge in [-0.25, -0.2) is 9.37 Å². The first-order valence-corrected chi connectivity index (χ1v) is 10.8. The Labute approximate surface area is 192 Å². The molecule has 1 aliphatic rings. The largest absolute Gasteiger partial charge is 0.472 e. The number of halogens is 1. The van der Waals surface area contributed by atoms with Crippen molar-refractivity contribution in [1.29, 1.82) is 0 Å². The summed E-state index contributed by atoms with van der Waals surface area (Å²) in [5.41, 5.74) is 1.60. The van der Waals surface area contributed by atoms with Crippen LogP contribution in [0.4, 0.5) is 4.39 Å². The third-order valence-corrected chi connectivity index (χ3v) is 5.85. The number of hydrogen-bond donors (Lipinski definition) is 1. The number of carbonyl (C=O) groups is 2. The van der Waals surface area contributed by atoms with E-state index >= 15 is 0 Å². The SMILES string of the molecule is COCC(=O)N(C)C[C@H]1Oc2ncc(-c3ccc(F)cc3)cc2C(=O)N([C@H](C)CO)C[C@@H]1C. The summed E-state index contributed by atoms with van der Waals surface area (Å²) in [5.74, 6) is -0.842. The van der Waals surface area contributed by atoms with Gasteiger partial charge in [-0.05, 0) is 30.7 Å². The van der Waals surface area contributed by atoms with Gasteiger partial charge in [0.1, 0.15) is 24.1 Å². The molecule has 0 radical (unpaired) electrons. The maximum Gasteiger partial charge on any atom is 0.259 e. The van der Waals surface area contributed by atoms with Crippen LogP contribution >= 0.6 is 0 Å². The van der Waals surface area contributed by atoms with Crippen LogP contribution in [0, 0.1) is 11.7 Å². The summed E-state index contributed by atoms with van der Waals surface area (Å²) in [6, 6.07) is 7.16. The fraction of sp³-hybridized carbons (Fsp3) is 0.458. The zero-order chi connectivity index (χ0) is 24.1. The number of aromatic nitrogens is 1. The molecule has 0 unspecified atom stereocenters. The van der Waals surface area contributed by atoms with Gasteiger partial charge in [0, 0.05) is 38.4 Å². The van der Waals surface area contributed by atoms with Gasteiger partial charge >= 0.3 is 0 Å². The Morgan fingerprint density at radius 3 is 2.70 bits per heavy atom. The van der Waals surface area contributed by atoms with E-state index < -0.39 is 12.1 Å². The second kappa shape index (κ2) is 10.7. The standard InChI is InChI=1S/C24H30FN3O5/c1-15-11-28(16(2)13-29)24(31)20-9-18(17-5-7-19(25)8-6-17)10-26-23(20)33-21(15)12-27(3)22(30)14-32-4/h5-10,15-16,21,29H,11-14H2,1-4H3/t15-,16+,21+/m0/s1. The lowest BCUT2D eigenvalue weighted by Crippen LogP contribution is -2.50. The zero-order valence-corrected chi connectivity index (χ0v) is 19.3. The highest BCUT2D eigenvalue weighted by Gasteiger charge is 2.34. The smallest absolute Gasteiger partial charge is 0.259 e. The number of carbonyl (C=O) groups excluding carboxylic acids is 2. The van der Waals surface area contributed by atoms with E-state index in [0.29, 0.717) is 17.7 Å². The highest BCUT2D eigenvalue weighted by molar-refractivity contribution is 5.98. The number of benzene rings is 1. The number of amides is 2. The minimum Gasteiger partial charge on any atom is -0.472 e. The van der Waals surface area contributed by atoms with Gasteiger partial charge < -0.3 is 24.4 Å². The van der Waals surface area contributed by atoms with E-state index in [4.69, 9.17) is 9.47 Å². The molecule has 0 aliphatic carbocycles. The lowest BCUT2D eigenvalue weighted by Gasteiger charge is -2.37. The van der Waals surface area contributed by atoms with Crippen molar-refractivity contribution < 1.29 is 28.6 Å². The first-order chi connectivity index (χ1) is 15.7. The van der Waals surface area contributed by atoms with Crippen molar-refractivity contribution in [3.63, 3.8) is 0 Å². The predicted molar refractivity (Wildman–Crippen MR) is 120 cm³/mol. The summed E-state index contributed by atoms with van der Waals surface area (Å²) in [5, 5.41) is 9.76. The molecule has 2 amide bonds. The van der Waals surface area contributed by atoms with Crippen LogP contribution in [0.2, 0.25) is 0 Å². The van der Waals surface area contributed by atoms with Crippen LogP contribution in [0.3, 0.4) is 0 Å². The molecule has 0 saturated carbocycles. The molecule has 0 fully saturated rings. The van der Waals surface area contributed by atoms with Crippen molar-refractivity contribution in [1.82, 2.24) is 14.8 Å². The Morgan fingerprint density at radius 1 is 1.36 bits per heavy atom. The highest BCUT2D eigenvalue weighted by atomic mass is 19.1. The van der Waals surface area contributed by atoms with Crippen LogP contribution in [0.15, 0.2) is 36.5 Å². The summed E-state index contributed by atoms with van der Waals surface area (Å²) < 4.78 is 24.5. The number of fused-ring (bicyclic) bond motifs is 1. The van der Waals surface area contributed by atoms with Crippen LogP contribution in [-0.2, 0) is 9.53 Å². The molecule has 9 heteroatoms. The summed E-state index contributed by atoms with van der Waals surface area (Å²) >= 11 is 0. The third-order valence-electron chi connectivity index (χ3n) is 5.85. The number of methoxy groups -OCH3 is 1. The maximum absolute atomic E-state index is 13.4. The van der Waals surface area contributed by atoms with Crippen LogP contribution < -0.4 is 4.74 Å². The average molecular weight is 460 g/mol. The van der Waals surface area contributed by atoms with Crippen LogP contribution in [0.5, 0.6) is 5.88 Å². The molecule has 0 spiro atoms. The molecule has 0 saturated heterocycles. The normalized spacial score (nSPS) is 19.2. The van der Waals surface area contributed by atoms with E-state index in [0.717, 1.165) is 0 Å². The first-order valence-electron chi connectivity index (χ1n) is 10.8. The monoisotopic (exact) mass is 459 g/mol. The molecule has 1 N–H and O–H groups in total. The Balaban J connectivity index is 2.00. The Hall–Kier alpha value is -3.04. The van der Waals surface area contributed by atoms with Crippen LogP contribution in [0.25, 0.3) is 11.1 Å². The quantitative estimate of drug-likeness (QED) is 0.683. The highest BCUT2D eigenvalue weighted by Crippen LogP contribution is 2.30. The van der Waals surface area contributed by atoms with Gasteiger partial charge in [0.2, 0.25) is 11.8 Å². The summed E-state index contributed by atoms with van der Waals surface area (Å²) in [6.07, 6.45) is 1.13. The summed E-state index contributed by atoms with van der Waals surface area (Å²) in [6.45, 7) is 4.07. The minimum atomic E-state index is -0.444. The van der Waals surface area contributed by atoms with Crippen LogP contribution in [0.1, 0.15) is 24.2 Å². The molecule has 2 aromatic rings. The number of likely N-dealkylation sites (N-methyl/N-ethyl adjacent to an activating group) is 1. The van der Waals surface area contributed by atoms with Gasteiger partial charge in [-0.15, -0.1) is 0 Å². The molecule has 1 aromatic heterocycles. The van der Waals surface area contributed by atoms with E-state index in [2.05, 4.69) is 4.98 Å². The lowest BCUT2D eigenvalue weighted by atomic mass is 9.99. The number of aliphatic hydroxyl groups is 1. The van der Waals surface area contributed by atoms with Gasteiger partial charge in [0.05, 0.1) is 19.2 Å². The zero-order valence-electron chi connectivity index (χ0n) is 19.3. The van der Waals surface area contributed by atoms with E-state index in [-0.39, 0.29) is 54.8 Å². The Morgan fingerprint density at radius 2 is 2.06 bits per heavy atom. The van der Waals surface area contributed by atoms with Gasteiger partial charge in [-0.2, -0.15) is 0 Å². The van der Waals surface area contributed by atoms with Crippen LogP contribution in [-0.4, -0.2) is 84.3 Å². The molecule has 2 heterocycles. The maximum atomic E-state index is 13.4. The second-order valence-corrected chi connectivity index (χ2v) is 8.41. The number of rotatable bonds is 7. The molecule has 1 aromatic carbocycles. The molecule has 0 bridgehead atoms. The number of hydrogen-bond acceptors (Lipinski definition) is 6. The predicted octanol–water partition coefficient (Wildman–Crippen LogP) is 2.21. The molecule has 3 rings (SSSR count). The van der Waals surface area contributed by atoms with E-state index in [9.17, 15) is 19.1 Å². The Bertz CT molecular complexity index is 985. The molecule has 3 atom stereocenters. The van der Waals surface area contributed by atoms with Crippen molar-refractivity contribution in [2.24, 2.45) is 5.92 Å². The van der Waals surface area contributed by atoms with E-state index in [1.807, 2.05) is 6.92 Å². The lowest BCUT2D eigenvalue weighted by molar-refractivity contribution is -0.135. The van der Waals surface area contributed by atoms with Gasteiger partial charge in [0.25, 0.3) is 5.91 Å². The molecular weight excluding hydrogens is 429 g/mol.